The molecule has 0 fully saturated rings. The van der Waals surface area contributed by atoms with E-state index in [1.165, 1.54) is 16.9 Å². The molecule has 0 radical (unpaired) electrons. The van der Waals surface area contributed by atoms with Crippen molar-refractivity contribution in [2.45, 2.75) is 37.4 Å². The average Bonchev–Trinajstić information content (AvgIpc) is 2.85. The summed E-state index contributed by atoms with van der Waals surface area (Å²) in [5.41, 5.74) is 1.39. The molecule has 1 heterocycles. The highest BCUT2D eigenvalue weighted by atomic mass is 79.9. The molecule has 1 aromatic heterocycles. The largest absolute Gasteiger partial charge is 0.350 e. The van der Waals surface area contributed by atoms with Crippen molar-refractivity contribution in [1.82, 2.24) is 5.32 Å². The maximum Gasteiger partial charge on any atom is 0.261 e. The first-order valence-corrected chi connectivity index (χ1v) is 7.47. The van der Waals surface area contributed by atoms with Crippen molar-refractivity contribution in [1.29, 1.82) is 0 Å². The van der Waals surface area contributed by atoms with Gasteiger partial charge in [0, 0.05) is 16.2 Å². The Bertz CT molecular complexity index is 367. The van der Waals surface area contributed by atoms with Crippen LogP contribution in [0, 0.1) is 0 Å². The number of halogens is 1. The molecule has 2 nitrogen and oxygen atoms in total. The summed E-state index contributed by atoms with van der Waals surface area (Å²) in [7, 11) is 0. The Morgan fingerprint density at radius 2 is 2.44 bits per heavy atom. The second-order valence-electron chi connectivity index (χ2n) is 4.13. The normalized spacial score (nSPS) is 15.9. The van der Waals surface area contributed by atoms with Crippen molar-refractivity contribution in [3.05, 3.63) is 21.4 Å². The van der Waals surface area contributed by atoms with Crippen LogP contribution in [0.4, 0.5) is 0 Å². The number of amides is 1. The van der Waals surface area contributed by atoms with Gasteiger partial charge in [0.1, 0.15) is 0 Å². The average molecular weight is 302 g/mol. The smallest absolute Gasteiger partial charge is 0.261 e. The predicted octanol–water partition coefficient (Wildman–Crippen LogP) is 3.14. The van der Waals surface area contributed by atoms with Crippen LogP contribution >= 0.6 is 27.3 Å². The second-order valence-corrected chi connectivity index (χ2v) is 6.56. The highest BCUT2D eigenvalue weighted by Crippen LogP contribution is 2.30. The summed E-state index contributed by atoms with van der Waals surface area (Å²) < 4.78 is 0. The Balaban J connectivity index is 1.93. The lowest BCUT2D eigenvalue weighted by molar-refractivity contribution is 0.0958. The third-order valence-electron chi connectivity index (χ3n) is 2.90. The molecule has 1 aliphatic carbocycles. The summed E-state index contributed by atoms with van der Waals surface area (Å²) in [6.45, 7) is 2.81. The molecule has 0 aliphatic heterocycles. The number of aryl methyl sites for hydroxylation is 2. The topological polar surface area (TPSA) is 29.1 Å². The van der Waals surface area contributed by atoms with Crippen LogP contribution in [0.25, 0.3) is 0 Å². The molecule has 1 N–H and O–H groups in total. The number of alkyl halides is 1. The van der Waals surface area contributed by atoms with E-state index in [1.807, 2.05) is 0 Å². The number of carbonyl (C=O) groups excluding carboxylic acids is 1. The number of hydrogen-bond donors (Lipinski definition) is 1. The highest BCUT2D eigenvalue weighted by molar-refractivity contribution is 9.09. The van der Waals surface area contributed by atoms with E-state index in [0.29, 0.717) is 11.4 Å². The van der Waals surface area contributed by atoms with Crippen molar-refractivity contribution in [3.63, 3.8) is 0 Å². The summed E-state index contributed by atoms with van der Waals surface area (Å²) in [5, 5.41) is 2.96. The molecule has 1 atom stereocenters. The Kier molecular flexibility index (Phi) is 4.03. The fourth-order valence-electron chi connectivity index (χ4n) is 1.88. The molecule has 16 heavy (non-hydrogen) atoms. The zero-order valence-electron chi connectivity index (χ0n) is 9.38. The van der Waals surface area contributed by atoms with E-state index in [-0.39, 0.29) is 5.91 Å². The molecule has 1 unspecified atom stereocenters. The number of nitrogens with one attached hydrogen (secondary N) is 1. The van der Waals surface area contributed by atoms with Crippen LogP contribution in [-0.2, 0) is 12.8 Å². The van der Waals surface area contributed by atoms with Gasteiger partial charge in [0.25, 0.3) is 5.91 Å². The Morgan fingerprint density at radius 1 is 1.62 bits per heavy atom. The Labute approximate surface area is 109 Å². The van der Waals surface area contributed by atoms with Gasteiger partial charge in [0.05, 0.1) is 4.88 Å². The van der Waals surface area contributed by atoms with Crippen LogP contribution in [0.3, 0.4) is 0 Å². The summed E-state index contributed by atoms with van der Waals surface area (Å²) in [5.74, 6) is 0.0808. The molecule has 2 rings (SSSR count). The Morgan fingerprint density at radius 3 is 3.12 bits per heavy atom. The van der Waals surface area contributed by atoms with E-state index < -0.39 is 0 Å². The molecule has 1 aliphatic rings. The van der Waals surface area contributed by atoms with Gasteiger partial charge in [0.2, 0.25) is 0 Å². The van der Waals surface area contributed by atoms with Gasteiger partial charge < -0.3 is 5.32 Å². The van der Waals surface area contributed by atoms with E-state index in [2.05, 4.69) is 34.2 Å². The van der Waals surface area contributed by atoms with Crippen LogP contribution in [0.1, 0.15) is 39.9 Å². The summed E-state index contributed by atoms with van der Waals surface area (Å²) >= 11 is 5.17. The minimum absolute atomic E-state index is 0.0808. The standard InChI is InChI=1S/C12H16BrNOS/c1-2-9(13)7-14-12(15)11-6-8-4-3-5-10(8)16-11/h6,9H,2-5,7H2,1H3,(H,14,15). The molecule has 0 saturated carbocycles. The van der Waals surface area contributed by atoms with Crippen molar-refractivity contribution in [3.8, 4) is 0 Å². The quantitative estimate of drug-likeness (QED) is 0.851. The third-order valence-corrected chi connectivity index (χ3v) is 5.10. The maximum atomic E-state index is 11.8. The molecule has 4 heteroatoms. The lowest BCUT2D eigenvalue weighted by atomic mass is 10.2. The van der Waals surface area contributed by atoms with Gasteiger partial charge in [-0.3, -0.25) is 4.79 Å². The predicted molar refractivity (Wildman–Crippen MR) is 71.7 cm³/mol. The van der Waals surface area contributed by atoms with Crippen molar-refractivity contribution < 1.29 is 4.79 Å². The van der Waals surface area contributed by atoms with Gasteiger partial charge in [-0.1, -0.05) is 22.9 Å². The van der Waals surface area contributed by atoms with Gasteiger partial charge >= 0.3 is 0 Å². The van der Waals surface area contributed by atoms with Gasteiger partial charge in [-0.15, -0.1) is 11.3 Å². The molecule has 0 bridgehead atoms. The number of fused-ring (bicyclic) bond motifs is 1. The maximum absolute atomic E-state index is 11.8. The molecule has 0 aromatic carbocycles. The fourth-order valence-corrected chi connectivity index (χ4v) is 3.21. The van der Waals surface area contributed by atoms with E-state index in [1.54, 1.807) is 11.3 Å². The first-order chi connectivity index (χ1) is 7.70. The van der Waals surface area contributed by atoms with E-state index in [0.717, 1.165) is 24.1 Å². The molecule has 88 valence electrons. The van der Waals surface area contributed by atoms with Crippen molar-refractivity contribution in [2.75, 3.05) is 6.54 Å². The minimum Gasteiger partial charge on any atom is -0.350 e. The van der Waals surface area contributed by atoms with Crippen molar-refractivity contribution >= 4 is 33.2 Å². The lowest BCUT2D eigenvalue weighted by Crippen LogP contribution is -2.28. The fraction of sp³-hybridized carbons (Fsp3) is 0.583. The molecule has 1 amide bonds. The number of carbonyl (C=O) groups is 1. The molecular formula is C12H16BrNOS. The van der Waals surface area contributed by atoms with Gasteiger partial charge in [0.15, 0.2) is 0 Å². The van der Waals surface area contributed by atoms with Crippen LogP contribution in [0.5, 0.6) is 0 Å². The number of thiophene rings is 1. The van der Waals surface area contributed by atoms with Gasteiger partial charge in [-0.2, -0.15) is 0 Å². The van der Waals surface area contributed by atoms with E-state index >= 15 is 0 Å². The van der Waals surface area contributed by atoms with Gasteiger partial charge in [-0.25, -0.2) is 0 Å². The minimum atomic E-state index is 0.0808. The lowest BCUT2D eigenvalue weighted by Gasteiger charge is -2.07. The number of rotatable bonds is 4. The SMILES string of the molecule is CCC(Br)CNC(=O)c1cc2c(s1)CCC2. The van der Waals surface area contributed by atoms with E-state index in [4.69, 9.17) is 0 Å². The van der Waals surface area contributed by atoms with Gasteiger partial charge in [-0.05, 0) is 37.3 Å². The van der Waals surface area contributed by atoms with Crippen molar-refractivity contribution in [2.24, 2.45) is 0 Å². The molecule has 1 aromatic rings. The Hall–Kier alpha value is -0.350. The highest BCUT2D eigenvalue weighted by Gasteiger charge is 2.18. The monoisotopic (exact) mass is 301 g/mol. The molecular weight excluding hydrogens is 286 g/mol. The van der Waals surface area contributed by atoms with E-state index in [9.17, 15) is 4.79 Å². The molecule has 0 saturated heterocycles. The first kappa shape index (κ1) is 12.1. The third kappa shape index (κ3) is 2.66. The van der Waals surface area contributed by atoms with Crippen LogP contribution in [0.15, 0.2) is 6.07 Å². The van der Waals surface area contributed by atoms with Crippen LogP contribution in [-0.4, -0.2) is 17.3 Å². The summed E-state index contributed by atoms with van der Waals surface area (Å²) in [6.07, 6.45) is 4.59. The second kappa shape index (κ2) is 5.32. The summed E-state index contributed by atoms with van der Waals surface area (Å²) in [6, 6.07) is 2.07. The zero-order valence-corrected chi connectivity index (χ0v) is 11.8. The van der Waals surface area contributed by atoms with Crippen LogP contribution in [0.2, 0.25) is 0 Å². The molecule has 0 spiro atoms. The summed E-state index contributed by atoms with van der Waals surface area (Å²) in [4.78, 5) is 14.5. The van der Waals surface area contributed by atoms with Crippen LogP contribution < -0.4 is 5.32 Å². The zero-order chi connectivity index (χ0) is 11.5. The number of hydrogen-bond acceptors (Lipinski definition) is 2. The first-order valence-electron chi connectivity index (χ1n) is 5.74.